The molecular formula is C22H22ClN3O5. The quantitative estimate of drug-likeness (QED) is 0.325. The maximum atomic E-state index is 12.8. The van der Waals surface area contributed by atoms with Crippen LogP contribution < -0.4 is 20.9 Å². The van der Waals surface area contributed by atoms with Gasteiger partial charge in [-0.1, -0.05) is 17.7 Å². The molecule has 0 saturated heterocycles. The van der Waals surface area contributed by atoms with Crippen LogP contribution in [0.5, 0.6) is 5.75 Å². The van der Waals surface area contributed by atoms with E-state index in [0.29, 0.717) is 27.7 Å². The van der Waals surface area contributed by atoms with Crippen LogP contribution in [0, 0.1) is 0 Å². The van der Waals surface area contributed by atoms with Crippen molar-refractivity contribution in [2.75, 3.05) is 24.5 Å². The molecule has 0 radical (unpaired) electrons. The van der Waals surface area contributed by atoms with E-state index in [1.54, 1.807) is 62.6 Å². The molecule has 1 aliphatic heterocycles. The van der Waals surface area contributed by atoms with Crippen molar-refractivity contribution < 1.29 is 23.8 Å². The Hall–Kier alpha value is -3.65. The molecule has 31 heavy (non-hydrogen) atoms. The van der Waals surface area contributed by atoms with E-state index in [4.69, 9.17) is 25.8 Å². The van der Waals surface area contributed by atoms with Crippen LogP contribution in [-0.4, -0.2) is 31.7 Å². The molecule has 162 valence electrons. The molecule has 3 N–H and O–H groups in total. The molecule has 1 amide bonds. The van der Waals surface area contributed by atoms with Crippen LogP contribution in [0.1, 0.15) is 6.92 Å². The third kappa shape index (κ3) is 5.70. The number of halogens is 1. The fourth-order valence-corrected chi connectivity index (χ4v) is 2.99. The summed E-state index contributed by atoms with van der Waals surface area (Å²) in [6.07, 6.45) is 1.85. The molecule has 2 aromatic rings. The number of amides is 1. The molecule has 1 atom stereocenters. The Balaban J connectivity index is 1.81. The van der Waals surface area contributed by atoms with Gasteiger partial charge in [-0.3, -0.25) is 10.2 Å². The summed E-state index contributed by atoms with van der Waals surface area (Å²) in [6.45, 7) is 1.86. The number of hydrazine groups is 1. The maximum Gasteiger partial charge on any atom is 0.356 e. The van der Waals surface area contributed by atoms with Crippen molar-refractivity contribution in [3.05, 3.63) is 77.2 Å². The summed E-state index contributed by atoms with van der Waals surface area (Å²) >= 11 is 6.00. The lowest BCUT2D eigenvalue weighted by molar-refractivity contribution is -0.139. The Morgan fingerprint density at radius 3 is 2.58 bits per heavy atom. The highest BCUT2D eigenvalue weighted by Gasteiger charge is 2.32. The smallest absolute Gasteiger partial charge is 0.356 e. The average Bonchev–Trinajstić information content (AvgIpc) is 3.24. The lowest BCUT2D eigenvalue weighted by Gasteiger charge is -2.18. The normalized spacial score (nSPS) is 16.2. The SMILES string of the molecule is CCOC(=O)C(NNc1cccc(Cl)c1)=C1C=COC1C(=O)Nc1ccc(OC)cc1. The van der Waals surface area contributed by atoms with E-state index in [0.717, 1.165) is 0 Å². The number of carbonyl (C=O) groups is 2. The molecule has 1 aliphatic rings. The van der Waals surface area contributed by atoms with Crippen LogP contribution >= 0.6 is 11.6 Å². The van der Waals surface area contributed by atoms with Gasteiger partial charge in [0.1, 0.15) is 11.4 Å². The van der Waals surface area contributed by atoms with Crippen LogP contribution in [0.4, 0.5) is 11.4 Å². The van der Waals surface area contributed by atoms with Crippen molar-refractivity contribution in [1.29, 1.82) is 0 Å². The molecule has 0 fully saturated rings. The second-order valence-electron chi connectivity index (χ2n) is 6.35. The topological polar surface area (TPSA) is 97.9 Å². The number of ether oxygens (including phenoxy) is 3. The number of rotatable bonds is 8. The zero-order chi connectivity index (χ0) is 22.2. The van der Waals surface area contributed by atoms with Crippen molar-refractivity contribution in [1.82, 2.24) is 5.43 Å². The lowest BCUT2D eigenvalue weighted by atomic mass is 10.1. The first-order chi connectivity index (χ1) is 15.0. The van der Waals surface area contributed by atoms with E-state index in [1.807, 2.05) is 0 Å². The van der Waals surface area contributed by atoms with E-state index in [1.165, 1.54) is 12.3 Å². The summed E-state index contributed by atoms with van der Waals surface area (Å²) in [7, 11) is 1.56. The maximum absolute atomic E-state index is 12.8. The van der Waals surface area contributed by atoms with Crippen molar-refractivity contribution in [3.8, 4) is 5.75 Å². The summed E-state index contributed by atoms with van der Waals surface area (Å²) in [5.41, 5.74) is 7.26. The van der Waals surface area contributed by atoms with Gasteiger partial charge in [-0.25, -0.2) is 4.79 Å². The minimum Gasteiger partial charge on any atom is -0.497 e. The highest BCUT2D eigenvalue weighted by Crippen LogP contribution is 2.23. The highest BCUT2D eigenvalue weighted by atomic mass is 35.5. The molecule has 0 aromatic heterocycles. The number of esters is 1. The summed E-state index contributed by atoms with van der Waals surface area (Å²) in [5, 5.41) is 3.29. The number of methoxy groups -OCH3 is 1. The van der Waals surface area contributed by atoms with Crippen LogP contribution in [0.15, 0.2) is 72.1 Å². The molecule has 9 heteroatoms. The Morgan fingerprint density at radius 2 is 1.90 bits per heavy atom. The molecule has 8 nitrogen and oxygen atoms in total. The molecule has 0 spiro atoms. The van der Waals surface area contributed by atoms with Crippen LogP contribution in [-0.2, 0) is 19.1 Å². The molecule has 0 aliphatic carbocycles. The second-order valence-corrected chi connectivity index (χ2v) is 6.78. The van der Waals surface area contributed by atoms with Crippen molar-refractivity contribution in [3.63, 3.8) is 0 Å². The number of hydrogen-bond donors (Lipinski definition) is 3. The zero-order valence-electron chi connectivity index (χ0n) is 17.0. The minimum absolute atomic E-state index is 0.0467. The first kappa shape index (κ1) is 22.0. The number of anilines is 2. The number of carbonyl (C=O) groups excluding carboxylic acids is 2. The lowest BCUT2D eigenvalue weighted by Crippen LogP contribution is -2.35. The van der Waals surface area contributed by atoms with Gasteiger partial charge < -0.3 is 25.0 Å². The number of nitrogens with one attached hydrogen (secondary N) is 3. The van der Waals surface area contributed by atoms with Crippen LogP contribution in [0.3, 0.4) is 0 Å². The van der Waals surface area contributed by atoms with Gasteiger partial charge in [0.2, 0.25) is 6.10 Å². The fourth-order valence-electron chi connectivity index (χ4n) is 2.80. The average molecular weight is 444 g/mol. The Kier molecular flexibility index (Phi) is 7.40. The van der Waals surface area contributed by atoms with Gasteiger partial charge in [0, 0.05) is 16.3 Å². The molecule has 1 unspecified atom stereocenters. The van der Waals surface area contributed by atoms with Gasteiger partial charge >= 0.3 is 5.97 Å². The van der Waals surface area contributed by atoms with Crippen molar-refractivity contribution in [2.45, 2.75) is 13.0 Å². The van der Waals surface area contributed by atoms with Crippen LogP contribution in [0.25, 0.3) is 0 Å². The van der Waals surface area contributed by atoms with Gasteiger partial charge in [-0.05, 0) is 55.5 Å². The zero-order valence-corrected chi connectivity index (χ0v) is 17.7. The molecular weight excluding hydrogens is 422 g/mol. The Morgan fingerprint density at radius 1 is 1.13 bits per heavy atom. The van der Waals surface area contributed by atoms with Gasteiger partial charge in [-0.15, -0.1) is 0 Å². The van der Waals surface area contributed by atoms with Gasteiger partial charge in [-0.2, -0.15) is 0 Å². The molecule has 0 saturated carbocycles. The van der Waals surface area contributed by atoms with E-state index >= 15 is 0 Å². The van der Waals surface area contributed by atoms with E-state index in [2.05, 4.69) is 16.2 Å². The second kappa shape index (κ2) is 10.4. The van der Waals surface area contributed by atoms with E-state index in [9.17, 15) is 9.59 Å². The van der Waals surface area contributed by atoms with Gasteiger partial charge in [0.05, 0.1) is 25.7 Å². The first-order valence-corrected chi connectivity index (χ1v) is 9.85. The first-order valence-electron chi connectivity index (χ1n) is 9.47. The summed E-state index contributed by atoms with van der Waals surface area (Å²) < 4.78 is 15.7. The fraction of sp³-hybridized carbons (Fsp3) is 0.182. The summed E-state index contributed by atoms with van der Waals surface area (Å²) in [4.78, 5) is 25.4. The summed E-state index contributed by atoms with van der Waals surface area (Å²) in [6, 6.07) is 13.8. The molecule has 3 rings (SSSR count). The monoisotopic (exact) mass is 443 g/mol. The molecule has 0 bridgehead atoms. The molecule has 2 aromatic carbocycles. The Bertz CT molecular complexity index is 1000. The van der Waals surface area contributed by atoms with E-state index < -0.39 is 18.0 Å². The van der Waals surface area contributed by atoms with E-state index in [-0.39, 0.29) is 12.3 Å². The largest absolute Gasteiger partial charge is 0.497 e. The van der Waals surface area contributed by atoms with Gasteiger partial charge in [0.25, 0.3) is 5.91 Å². The standard InChI is InChI=1S/C22H22ClN3O5/c1-3-30-22(28)19(26-25-16-6-4-5-14(23)13-16)18-11-12-31-20(18)21(27)24-15-7-9-17(29-2)10-8-15/h4-13,20,25-26H,3H2,1-2H3,(H,24,27). The predicted octanol–water partition coefficient (Wildman–Crippen LogP) is 3.63. The Labute approximate surface area is 184 Å². The predicted molar refractivity (Wildman–Crippen MR) is 118 cm³/mol. The minimum atomic E-state index is -1.05. The number of hydrogen-bond acceptors (Lipinski definition) is 7. The third-order valence-electron chi connectivity index (χ3n) is 4.27. The van der Waals surface area contributed by atoms with Crippen molar-refractivity contribution in [2.24, 2.45) is 0 Å². The summed E-state index contributed by atoms with van der Waals surface area (Å²) in [5.74, 6) is -0.417. The number of benzene rings is 2. The van der Waals surface area contributed by atoms with Crippen molar-refractivity contribution >= 4 is 34.9 Å². The third-order valence-corrected chi connectivity index (χ3v) is 4.50. The highest BCUT2D eigenvalue weighted by molar-refractivity contribution is 6.30. The van der Waals surface area contributed by atoms with Crippen LogP contribution in [0.2, 0.25) is 5.02 Å². The van der Waals surface area contributed by atoms with Gasteiger partial charge in [0.15, 0.2) is 0 Å². The molecule has 1 heterocycles.